The van der Waals surface area contributed by atoms with Crippen molar-refractivity contribution in [3.05, 3.63) is 100 Å². The van der Waals surface area contributed by atoms with Crippen LogP contribution in [0, 0.1) is 5.92 Å². The highest BCUT2D eigenvalue weighted by Crippen LogP contribution is 2.33. The molecule has 1 unspecified atom stereocenters. The second-order valence-electron chi connectivity index (χ2n) is 9.31. The Bertz CT molecular complexity index is 1490. The Labute approximate surface area is 218 Å². The van der Waals surface area contributed by atoms with Crippen molar-refractivity contribution in [3.8, 4) is 11.5 Å². The Balaban J connectivity index is 1.41. The summed E-state index contributed by atoms with van der Waals surface area (Å²) in [4.78, 5) is 65.7. The molecule has 0 spiro atoms. The van der Waals surface area contributed by atoms with Gasteiger partial charge in [-0.1, -0.05) is 56.3 Å². The lowest BCUT2D eigenvalue weighted by Crippen LogP contribution is -2.49. The molecule has 0 N–H and O–H groups in total. The van der Waals surface area contributed by atoms with Crippen LogP contribution in [0.25, 0.3) is 6.08 Å². The van der Waals surface area contributed by atoms with E-state index < -0.39 is 29.7 Å². The monoisotopic (exact) mass is 509 g/mol. The molecule has 0 saturated heterocycles. The number of allylic oxidation sites excluding steroid dienone is 1. The van der Waals surface area contributed by atoms with E-state index in [0.717, 1.165) is 4.90 Å². The van der Waals surface area contributed by atoms with Crippen molar-refractivity contribution in [2.45, 2.75) is 19.9 Å². The number of amides is 2. The molecule has 1 aliphatic heterocycles. The summed E-state index contributed by atoms with van der Waals surface area (Å²) in [5.41, 5.74) is 1.71. The van der Waals surface area contributed by atoms with Gasteiger partial charge in [0.2, 0.25) is 0 Å². The van der Waals surface area contributed by atoms with E-state index in [2.05, 4.69) is 0 Å². The maximum Gasteiger partial charge on any atom is 0.335 e. The van der Waals surface area contributed by atoms with Crippen molar-refractivity contribution in [3.63, 3.8) is 0 Å². The predicted octanol–water partition coefficient (Wildman–Crippen LogP) is 4.38. The number of hydrogen-bond acceptors (Lipinski definition) is 7. The topological polar surface area (TPSA) is 107 Å². The minimum atomic E-state index is -1.17. The lowest BCUT2D eigenvalue weighted by Gasteiger charge is -2.27. The summed E-state index contributed by atoms with van der Waals surface area (Å²) in [7, 11) is 1.38. The fourth-order valence-corrected chi connectivity index (χ4v) is 4.73. The Morgan fingerprint density at radius 2 is 1.29 bits per heavy atom. The quantitative estimate of drug-likeness (QED) is 0.160. The SMILES string of the molecule is COc1cc(C=C2C(=O)c3ccccc3C2=O)ccc1OC(=O)C(C(C)C)N1C(=O)c2ccccc2C1=O. The van der Waals surface area contributed by atoms with E-state index in [9.17, 15) is 24.0 Å². The molecule has 3 aromatic rings. The second kappa shape index (κ2) is 9.55. The van der Waals surface area contributed by atoms with E-state index in [1.54, 1.807) is 68.4 Å². The van der Waals surface area contributed by atoms with Crippen molar-refractivity contribution < 1.29 is 33.4 Å². The van der Waals surface area contributed by atoms with E-state index in [1.165, 1.54) is 25.3 Å². The molecule has 0 bridgehead atoms. The van der Waals surface area contributed by atoms with Crippen LogP contribution in [-0.4, -0.2) is 47.4 Å². The molecule has 5 rings (SSSR count). The van der Waals surface area contributed by atoms with E-state index in [-0.39, 0.29) is 39.8 Å². The van der Waals surface area contributed by atoms with Gasteiger partial charge in [0.1, 0.15) is 6.04 Å². The van der Waals surface area contributed by atoms with Gasteiger partial charge in [-0.15, -0.1) is 0 Å². The first kappa shape index (κ1) is 24.8. The Hall–Kier alpha value is -4.85. The number of esters is 1. The van der Waals surface area contributed by atoms with E-state index in [0.29, 0.717) is 16.7 Å². The molecule has 0 aromatic heterocycles. The van der Waals surface area contributed by atoms with Crippen molar-refractivity contribution in [2.24, 2.45) is 5.92 Å². The van der Waals surface area contributed by atoms with Gasteiger partial charge >= 0.3 is 5.97 Å². The fourth-order valence-electron chi connectivity index (χ4n) is 4.73. The zero-order valence-electron chi connectivity index (χ0n) is 20.9. The second-order valence-corrected chi connectivity index (χ2v) is 9.31. The highest BCUT2D eigenvalue weighted by atomic mass is 16.6. The van der Waals surface area contributed by atoms with Crippen LogP contribution in [0.15, 0.2) is 72.3 Å². The van der Waals surface area contributed by atoms with Crippen LogP contribution < -0.4 is 9.47 Å². The van der Waals surface area contributed by atoms with E-state index in [1.807, 2.05) is 0 Å². The summed E-state index contributed by atoms with van der Waals surface area (Å²) in [6.45, 7) is 3.44. The van der Waals surface area contributed by atoms with Gasteiger partial charge in [0.05, 0.1) is 23.8 Å². The van der Waals surface area contributed by atoms with Gasteiger partial charge in [-0.05, 0) is 41.8 Å². The summed E-state index contributed by atoms with van der Waals surface area (Å²) in [6.07, 6.45) is 1.47. The number of benzene rings is 3. The minimum Gasteiger partial charge on any atom is -0.493 e. The molecule has 2 aliphatic rings. The average molecular weight is 510 g/mol. The Kier molecular flexibility index (Phi) is 6.24. The van der Waals surface area contributed by atoms with E-state index >= 15 is 0 Å². The molecule has 2 amide bonds. The standard InChI is InChI=1S/C30H23NO7/c1-16(2)25(31-28(34)20-10-6-7-11-21(20)29(31)35)30(36)38-23-13-12-17(15-24(23)37-3)14-22-26(32)18-8-4-5-9-19(18)27(22)33/h4-16,25H,1-3H3. The number of imide groups is 1. The number of carbonyl (C=O) groups is 5. The van der Waals surface area contributed by atoms with Crippen molar-refractivity contribution in [1.82, 2.24) is 4.90 Å². The van der Waals surface area contributed by atoms with Gasteiger partial charge in [-0.25, -0.2) is 4.79 Å². The number of fused-ring (bicyclic) bond motifs is 2. The molecular formula is C30H23NO7. The lowest BCUT2D eigenvalue weighted by atomic mass is 10.0. The molecule has 8 heteroatoms. The van der Waals surface area contributed by atoms with Gasteiger partial charge in [0.15, 0.2) is 23.1 Å². The Morgan fingerprint density at radius 1 is 0.763 bits per heavy atom. The predicted molar refractivity (Wildman–Crippen MR) is 137 cm³/mol. The van der Waals surface area contributed by atoms with Gasteiger partial charge in [0, 0.05) is 11.1 Å². The zero-order valence-corrected chi connectivity index (χ0v) is 20.9. The third-order valence-corrected chi connectivity index (χ3v) is 6.59. The number of rotatable bonds is 6. The summed E-state index contributed by atoms with van der Waals surface area (Å²) < 4.78 is 11.0. The third kappa shape index (κ3) is 4.00. The van der Waals surface area contributed by atoms with Crippen LogP contribution in [0.5, 0.6) is 11.5 Å². The largest absolute Gasteiger partial charge is 0.493 e. The zero-order chi connectivity index (χ0) is 27.1. The van der Waals surface area contributed by atoms with Crippen molar-refractivity contribution >= 4 is 35.4 Å². The molecule has 1 atom stereocenters. The number of nitrogens with zero attached hydrogens (tertiary/aromatic N) is 1. The molecule has 1 aliphatic carbocycles. The first-order valence-corrected chi connectivity index (χ1v) is 12.0. The van der Waals surface area contributed by atoms with Crippen LogP contribution in [0.2, 0.25) is 0 Å². The van der Waals surface area contributed by atoms with E-state index in [4.69, 9.17) is 9.47 Å². The van der Waals surface area contributed by atoms with Crippen LogP contribution in [-0.2, 0) is 4.79 Å². The highest BCUT2D eigenvalue weighted by molar-refractivity contribution is 6.41. The number of carbonyl (C=O) groups excluding carboxylic acids is 5. The number of Topliss-reactive ketones (excluding diaryl/α,β-unsaturated/α-hetero) is 2. The van der Waals surface area contributed by atoms with Crippen LogP contribution in [0.4, 0.5) is 0 Å². The molecular weight excluding hydrogens is 486 g/mol. The normalized spacial score (nSPS) is 15.1. The smallest absolute Gasteiger partial charge is 0.335 e. The maximum absolute atomic E-state index is 13.3. The van der Waals surface area contributed by atoms with Gasteiger partial charge in [-0.3, -0.25) is 24.1 Å². The molecule has 0 saturated carbocycles. The average Bonchev–Trinajstić information content (AvgIpc) is 3.30. The number of methoxy groups -OCH3 is 1. The Morgan fingerprint density at radius 3 is 1.79 bits per heavy atom. The molecule has 8 nitrogen and oxygen atoms in total. The fraction of sp³-hybridized carbons (Fsp3) is 0.167. The van der Waals surface area contributed by atoms with Gasteiger partial charge in [0.25, 0.3) is 11.8 Å². The lowest BCUT2D eigenvalue weighted by molar-refractivity contribution is -0.140. The third-order valence-electron chi connectivity index (χ3n) is 6.59. The number of ketones is 2. The molecule has 1 heterocycles. The summed E-state index contributed by atoms with van der Waals surface area (Å²) in [6, 6.07) is 16.4. The van der Waals surface area contributed by atoms with Gasteiger partial charge < -0.3 is 9.47 Å². The van der Waals surface area contributed by atoms with Crippen LogP contribution in [0.3, 0.4) is 0 Å². The summed E-state index contributed by atoms with van der Waals surface area (Å²) in [5, 5.41) is 0. The molecule has 38 heavy (non-hydrogen) atoms. The van der Waals surface area contributed by atoms with Crippen LogP contribution in [0.1, 0.15) is 60.8 Å². The van der Waals surface area contributed by atoms with Gasteiger partial charge in [-0.2, -0.15) is 0 Å². The first-order valence-electron chi connectivity index (χ1n) is 12.0. The molecule has 190 valence electrons. The first-order chi connectivity index (χ1) is 18.2. The summed E-state index contributed by atoms with van der Waals surface area (Å²) in [5.74, 6) is -2.82. The highest BCUT2D eigenvalue weighted by Gasteiger charge is 2.45. The molecule has 3 aromatic carbocycles. The maximum atomic E-state index is 13.3. The summed E-state index contributed by atoms with van der Waals surface area (Å²) >= 11 is 0. The van der Waals surface area contributed by atoms with Crippen molar-refractivity contribution in [2.75, 3.05) is 7.11 Å². The van der Waals surface area contributed by atoms with Crippen molar-refractivity contribution in [1.29, 1.82) is 0 Å². The minimum absolute atomic E-state index is 0.0310. The number of ether oxygens (including phenoxy) is 2. The molecule has 0 fully saturated rings. The molecule has 0 radical (unpaired) electrons. The van der Waals surface area contributed by atoms with Crippen LogP contribution >= 0.6 is 0 Å². The number of hydrogen-bond donors (Lipinski definition) is 0.